The number of hydrazone groups is 1. The molecule has 1 heterocycles. The van der Waals surface area contributed by atoms with Crippen molar-refractivity contribution in [2.24, 2.45) is 10.8 Å². The van der Waals surface area contributed by atoms with E-state index in [1.54, 1.807) is 48.5 Å². The number of carbonyl (C=O) groups is 2. The van der Waals surface area contributed by atoms with Gasteiger partial charge in [-0.15, -0.1) is 12.4 Å². The number of halogens is 1. The Labute approximate surface area is 226 Å². The minimum absolute atomic E-state index is 0. The summed E-state index contributed by atoms with van der Waals surface area (Å²) >= 11 is 0. The molecule has 2 amide bonds. The van der Waals surface area contributed by atoms with Gasteiger partial charge in [0.1, 0.15) is 17.5 Å². The molecule has 4 rings (SSSR count). The van der Waals surface area contributed by atoms with Crippen molar-refractivity contribution in [3.05, 3.63) is 95.6 Å². The Morgan fingerprint density at radius 3 is 2.37 bits per heavy atom. The topological polar surface area (TPSA) is 155 Å². The first-order chi connectivity index (χ1) is 17.7. The van der Waals surface area contributed by atoms with E-state index in [0.717, 1.165) is 0 Å². The molecular formula is C26H28ClN4O6P. The number of rotatable bonds is 8. The average molecular weight is 559 g/mol. The SMILES string of the molecule is Cl.NC(=NNC(=O)[C@@H]1CCCN1C(=O)c1ccccc1Oc1ccccc1)c1ccc(CP(=O)(O)O)cc1. The maximum absolute atomic E-state index is 13.4. The van der Waals surface area contributed by atoms with Gasteiger partial charge in [0.15, 0.2) is 5.84 Å². The fourth-order valence-corrected chi connectivity index (χ4v) is 4.74. The number of ether oxygens (including phenoxy) is 1. The van der Waals surface area contributed by atoms with Crippen LogP contribution < -0.4 is 15.9 Å². The van der Waals surface area contributed by atoms with Gasteiger partial charge in [-0.2, -0.15) is 5.10 Å². The second kappa shape index (κ2) is 12.7. The highest BCUT2D eigenvalue weighted by atomic mass is 35.5. The molecule has 0 aliphatic carbocycles. The van der Waals surface area contributed by atoms with Crippen LogP contribution in [0.3, 0.4) is 0 Å². The molecule has 200 valence electrons. The lowest BCUT2D eigenvalue weighted by Gasteiger charge is -2.24. The van der Waals surface area contributed by atoms with Crippen LogP contribution in [-0.2, 0) is 15.5 Å². The highest BCUT2D eigenvalue weighted by molar-refractivity contribution is 7.50. The summed E-state index contributed by atoms with van der Waals surface area (Å²) in [4.78, 5) is 46.0. The molecule has 1 fully saturated rings. The lowest BCUT2D eigenvalue weighted by molar-refractivity contribution is -0.124. The number of nitrogens with two attached hydrogens (primary N) is 1. The molecule has 0 saturated carbocycles. The first-order valence-corrected chi connectivity index (χ1v) is 13.4. The molecule has 3 aromatic rings. The van der Waals surface area contributed by atoms with Crippen LogP contribution in [-0.4, -0.2) is 44.9 Å². The normalized spacial score (nSPS) is 15.5. The number of benzene rings is 3. The summed E-state index contributed by atoms with van der Waals surface area (Å²) in [7, 11) is -4.18. The van der Waals surface area contributed by atoms with Crippen LogP contribution in [0.15, 0.2) is 84.0 Å². The monoisotopic (exact) mass is 558 g/mol. The van der Waals surface area contributed by atoms with E-state index in [1.165, 1.54) is 17.0 Å². The molecule has 0 radical (unpaired) electrons. The Bertz CT molecular complexity index is 1350. The van der Waals surface area contributed by atoms with E-state index in [2.05, 4.69) is 10.5 Å². The van der Waals surface area contributed by atoms with Gasteiger partial charge in [0.2, 0.25) is 0 Å². The van der Waals surface area contributed by atoms with Gasteiger partial charge in [0.25, 0.3) is 11.8 Å². The van der Waals surface area contributed by atoms with Crippen molar-refractivity contribution >= 4 is 37.7 Å². The zero-order valence-corrected chi connectivity index (χ0v) is 22.0. The third-order valence-corrected chi connectivity index (χ3v) is 6.61. The van der Waals surface area contributed by atoms with Gasteiger partial charge in [0, 0.05) is 12.1 Å². The van der Waals surface area contributed by atoms with Crippen molar-refractivity contribution in [3.63, 3.8) is 0 Å². The zero-order valence-electron chi connectivity index (χ0n) is 20.3. The molecule has 1 aliphatic rings. The second-order valence-corrected chi connectivity index (χ2v) is 10.2. The average Bonchev–Trinajstić information content (AvgIpc) is 3.37. The third-order valence-electron chi connectivity index (χ3n) is 5.83. The molecule has 0 bridgehead atoms. The van der Waals surface area contributed by atoms with Gasteiger partial charge < -0.3 is 25.2 Å². The third kappa shape index (κ3) is 7.43. The number of amidine groups is 1. The first kappa shape index (κ1) is 28.9. The van der Waals surface area contributed by atoms with Crippen molar-refractivity contribution in [3.8, 4) is 11.5 Å². The molecule has 38 heavy (non-hydrogen) atoms. The van der Waals surface area contributed by atoms with Crippen LogP contribution in [0.1, 0.15) is 34.3 Å². The minimum atomic E-state index is -4.18. The molecule has 1 aliphatic heterocycles. The van der Waals surface area contributed by atoms with Gasteiger partial charge in [-0.05, 0) is 42.7 Å². The fraction of sp³-hybridized carbons (Fsp3) is 0.192. The lowest BCUT2D eigenvalue weighted by Crippen LogP contribution is -2.45. The largest absolute Gasteiger partial charge is 0.457 e. The summed E-state index contributed by atoms with van der Waals surface area (Å²) in [6.07, 6.45) is 0.754. The predicted molar refractivity (Wildman–Crippen MR) is 145 cm³/mol. The lowest BCUT2D eigenvalue weighted by atomic mass is 10.1. The Balaban J connectivity index is 0.00000400. The smallest absolute Gasteiger partial charge is 0.329 e. The zero-order chi connectivity index (χ0) is 26.4. The molecule has 10 nitrogen and oxygen atoms in total. The summed E-state index contributed by atoms with van der Waals surface area (Å²) in [5, 5.41) is 3.96. The standard InChI is InChI=1S/C26H27N4O6P.ClH/c27-24(19-14-12-18(13-15-19)17-37(33,34)35)28-29-25(31)22-10-6-16-30(22)26(32)21-9-4-5-11-23(21)36-20-7-2-1-3-8-20;/h1-5,7-9,11-15,22H,6,10,16-17H2,(H2,27,28)(H,29,31)(H2,33,34,35);1H/t22-;/m0./s1. The van der Waals surface area contributed by atoms with Crippen molar-refractivity contribution < 1.29 is 28.7 Å². The molecule has 5 N–H and O–H groups in total. The molecule has 0 aromatic heterocycles. The van der Waals surface area contributed by atoms with E-state index in [1.807, 2.05) is 18.2 Å². The van der Waals surface area contributed by atoms with Gasteiger partial charge >= 0.3 is 7.60 Å². The maximum Gasteiger partial charge on any atom is 0.329 e. The Morgan fingerprint density at radius 2 is 1.68 bits per heavy atom. The van der Waals surface area contributed by atoms with Crippen LogP contribution in [0.4, 0.5) is 0 Å². The van der Waals surface area contributed by atoms with Crippen molar-refractivity contribution in [1.29, 1.82) is 0 Å². The van der Waals surface area contributed by atoms with E-state index in [4.69, 9.17) is 20.3 Å². The Hall–Kier alpha value is -3.69. The first-order valence-electron chi connectivity index (χ1n) is 11.6. The molecule has 0 unspecified atom stereocenters. The fourth-order valence-electron chi connectivity index (χ4n) is 4.06. The summed E-state index contributed by atoms with van der Waals surface area (Å²) < 4.78 is 17.1. The van der Waals surface area contributed by atoms with Crippen LogP contribution in [0.2, 0.25) is 0 Å². The second-order valence-electron chi connectivity index (χ2n) is 8.56. The number of hydrogen-bond acceptors (Lipinski definition) is 5. The number of nitrogens with one attached hydrogen (secondary N) is 1. The molecule has 1 saturated heterocycles. The predicted octanol–water partition coefficient (Wildman–Crippen LogP) is 3.62. The van der Waals surface area contributed by atoms with Crippen LogP contribution in [0.5, 0.6) is 11.5 Å². The van der Waals surface area contributed by atoms with Crippen LogP contribution in [0, 0.1) is 0 Å². The highest BCUT2D eigenvalue weighted by Gasteiger charge is 2.35. The van der Waals surface area contributed by atoms with Gasteiger partial charge in [-0.25, -0.2) is 5.43 Å². The van der Waals surface area contributed by atoms with Crippen LogP contribution in [0.25, 0.3) is 0 Å². The summed E-state index contributed by atoms with van der Waals surface area (Å²) in [6, 6.07) is 21.5. The molecule has 12 heteroatoms. The quantitative estimate of drug-likeness (QED) is 0.142. The number of amides is 2. The van der Waals surface area contributed by atoms with E-state index >= 15 is 0 Å². The Kier molecular flexibility index (Phi) is 9.66. The number of para-hydroxylation sites is 2. The van der Waals surface area contributed by atoms with E-state index in [9.17, 15) is 14.2 Å². The van der Waals surface area contributed by atoms with E-state index in [-0.39, 0.29) is 30.3 Å². The summed E-state index contributed by atoms with van der Waals surface area (Å²) in [5.74, 6) is 0.232. The van der Waals surface area contributed by atoms with Crippen molar-refractivity contribution in [1.82, 2.24) is 10.3 Å². The van der Waals surface area contributed by atoms with Gasteiger partial charge in [-0.3, -0.25) is 14.2 Å². The van der Waals surface area contributed by atoms with E-state index < -0.39 is 19.5 Å². The van der Waals surface area contributed by atoms with Gasteiger partial charge in [-0.1, -0.05) is 54.6 Å². The van der Waals surface area contributed by atoms with Crippen molar-refractivity contribution in [2.45, 2.75) is 25.0 Å². The van der Waals surface area contributed by atoms with E-state index in [0.29, 0.717) is 47.6 Å². The molecule has 3 aromatic carbocycles. The number of carbonyl (C=O) groups excluding carboxylic acids is 2. The highest BCUT2D eigenvalue weighted by Crippen LogP contribution is 2.38. The number of nitrogens with zero attached hydrogens (tertiary/aromatic N) is 2. The molecular weight excluding hydrogens is 531 g/mol. The van der Waals surface area contributed by atoms with Crippen molar-refractivity contribution in [2.75, 3.05) is 6.54 Å². The van der Waals surface area contributed by atoms with Crippen LogP contribution >= 0.6 is 20.0 Å². The molecule has 0 spiro atoms. The Morgan fingerprint density at radius 1 is 1.03 bits per heavy atom. The minimum Gasteiger partial charge on any atom is -0.457 e. The number of likely N-dealkylation sites (tertiary alicyclic amines) is 1. The van der Waals surface area contributed by atoms with Gasteiger partial charge in [0.05, 0.1) is 11.7 Å². The maximum atomic E-state index is 13.4. The summed E-state index contributed by atoms with van der Waals surface area (Å²) in [6.45, 7) is 0.414. The number of hydrogen-bond donors (Lipinski definition) is 4. The summed E-state index contributed by atoms with van der Waals surface area (Å²) in [5.41, 5.74) is 9.70. The molecule has 1 atom stereocenters.